The number of hydrogen-bond acceptors (Lipinski definition) is 1. The molecule has 4 heteroatoms. The first-order valence-corrected chi connectivity index (χ1v) is 16.2. The third-order valence-corrected chi connectivity index (χ3v) is 9.09. The van der Waals surface area contributed by atoms with Gasteiger partial charge in [-0.2, -0.15) is 0 Å². The lowest BCUT2D eigenvalue weighted by atomic mass is 10.0. The van der Waals surface area contributed by atoms with E-state index in [0.29, 0.717) is 0 Å². The van der Waals surface area contributed by atoms with Gasteiger partial charge in [0.05, 0.1) is 16.7 Å². The van der Waals surface area contributed by atoms with Gasteiger partial charge in [0.2, 0.25) is 0 Å². The minimum absolute atomic E-state index is 0.773. The van der Waals surface area contributed by atoms with Crippen LogP contribution in [0.25, 0.3) is 50.2 Å². The summed E-state index contributed by atoms with van der Waals surface area (Å²) in [6.45, 7) is 9.68. The second-order valence-electron chi connectivity index (χ2n) is 11.9. The van der Waals surface area contributed by atoms with Crippen molar-refractivity contribution in [2.24, 2.45) is 12.0 Å². The van der Waals surface area contributed by atoms with E-state index in [4.69, 9.17) is 0 Å². The Kier molecular flexibility index (Phi) is 8.46. The summed E-state index contributed by atoms with van der Waals surface area (Å²) in [6.07, 6.45) is 10.9. The third kappa shape index (κ3) is 5.58. The molecule has 3 heterocycles. The Morgan fingerprint density at radius 3 is 1.96 bits per heavy atom. The molecule has 0 bridgehead atoms. The van der Waals surface area contributed by atoms with Crippen LogP contribution in [0.4, 0.5) is 5.69 Å². The van der Waals surface area contributed by atoms with Gasteiger partial charge in [-0.15, -0.1) is 0 Å². The molecule has 0 radical (unpaired) electrons. The highest BCUT2D eigenvalue weighted by atomic mass is 15.0. The highest BCUT2D eigenvalue weighted by Gasteiger charge is 2.17. The van der Waals surface area contributed by atoms with E-state index < -0.39 is 0 Å². The van der Waals surface area contributed by atoms with Crippen LogP contribution in [-0.2, 0) is 13.5 Å². The molecule has 0 N–H and O–H groups in total. The molecule has 0 unspecified atom stereocenters. The number of hydrogen-bond donors (Lipinski definition) is 0. The number of benzene rings is 5. The third-order valence-electron chi connectivity index (χ3n) is 9.09. The normalized spacial score (nSPS) is 11.3. The largest absolute Gasteiger partial charge is 0.344 e. The van der Waals surface area contributed by atoms with E-state index in [2.05, 4.69) is 186 Å². The summed E-state index contributed by atoms with van der Waals surface area (Å²) in [7, 11) is 2.10. The lowest BCUT2D eigenvalue weighted by molar-refractivity contribution is 0.949. The standard InChI is InChI=1S/C30H23N3.C14H15N/c1-31-28-21-32(24-12-4-2-5-13-24)20-23(28)19-22-11-10-17-27-26-16-8-9-18-29(26)33(30(22)27)25-14-6-3-7-15-25;1-4-5-9-13-11(2)12-8-6-7-10-14(12)15(13)3/h2-18,20-21H,1,19H2;4-10H,1H2,2-3H3/b;9-5-. The van der Waals surface area contributed by atoms with E-state index in [0.717, 1.165) is 23.4 Å². The summed E-state index contributed by atoms with van der Waals surface area (Å²) in [5, 5.41) is 3.85. The first-order chi connectivity index (χ1) is 23.6. The van der Waals surface area contributed by atoms with E-state index in [-0.39, 0.29) is 0 Å². The minimum Gasteiger partial charge on any atom is -0.344 e. The molecule has 0 fully saturated rings. The van der Waals surface area contributed by atoms with Crippen molar-refractivity contribution in [3.63, 3.8) is 0 Å². The zero-order valence-corrected chi connectivity index (χ0v) is 27.4. The van der Waals surface area contributed by atoms with Crippen molar-refractivity contribution in [1.82, 2.24) is 13.7 Å². The van der Waals surface area contributed by atoms with Crippen LogP contribution < -0.4 is 0 Å². The van der Waals surface area contributed by atoms with Gasteiger partial charge in [-0.3, -0.25) is 4.99 Å². The fourth-order valence-corrected chi connectivity index (χ4v) is 6.79. The van der Waals surface area contributed by atoms with E-state index in [1.807, 2.05) is 12.1 Å². The second kappa shape index (κ2) is 13.3. The molecule has 5 aromatic carbocycles. The molecule has 4 nitrogen and oxygen atoms in total. The van der Waals surface area contributed by atoms with Gasteiger partial charge < -0.3 is 13.7 Å². The van der Waals surface area contributed by atoms with Crippen LogP contribution in [-0.4, -0.2) is 20.4 Å². The number of nitrogens with zero attached hydrogens (tertiary/aromatic N) is 4. The van der Waals surface area contributed by atoms with Crippen molar-refractivity contribution in [3.05, 3.63) is 181 Å². The number of rotatable bonds is 7. The molecule has 234 valence electrons. The maximum atomic E-state index is 4.34. The van der Waals surface area contributed by atoms with Crippen LogP contribution in [0, 0.1) is 6.92 Å². The molecule has 0 atom stereocenters. The topological polar surface area (TPSA) is 27.1 Å². The van der Waals surface area contributed by atoms with E-state index in [9.17, 15) is 0 Å². The number of aryl methyl sites for hydroxylation is 2. The monoisotopic (exact) mass is 622 g/mol. The Morgan fingerprint density at radius 1 is 0.646 bits per heavy atom. The second-order valence-corrected chi connectivity index (χ2v) is 11.9. The fraction of sp³-hybridized carbons (Fsp3) is 0.0682. The molecule has 0 amide bonds. The van der Waals surface area contributed by atoms with Crippen LogP contribution in [0.3, 0.4) is 0 Å². The maximum absolute atomic E-state index is 4.34. The van der Waals surface area contributed by atoms with Gasteiger partial charge >= 0.3 is 0 Å². The Balaban J connectivity index is 0.000000204. The average Bonchev–Trinajstić information content (AvgIpc) is 3.79. The quantitative estimate of drug-likeness (QED) is 0.125. The summed E-state index contributed by atoms with van der Waals surface area (Å²) in [6, 6.07) is 44.7. The van der Waals surface area contributed by atoms with Gasteiger partial charge in [0.1, 0.15) is 0 Å². The summed E-state index contributed by atoms with van der Waals surface area (Å²) < 4.78 is 6.73. The van der Waals surface area contributed by atoms with Gasteiger partial charge in [-0.25, -0.2) is 0 Å². The molecule has 48 heavy (non-hydrogen) atoms. The molecule has 0 aliphatic heterocycles. The van der Waals surface area contributed by atoms with Crippen LogP contribution in [0.5, 0.6) is 0 Å². The molecule has 3 aromatic heterocycles. The number of para-hydroxylation sites is 5. The Bertz CT molecular complexity index is 2380. The first-order valence-electron chi connectivity index (χ1n) is 16.2. The highest BCUT2D eigenvalue weighted by molar-refractivity contribution is 6.10. The molecule has 8 aromatic rings. The molecule has 0 spiro atoms. The van der Waals surface area contributed by atoms with Crippen molar-refractivity contribution in [3.8, 4) is 11.4 Å². The van der Waals surface area contributed by atoms with Gasteiger partial charge in [0.25, 0.3) is 0 Å². The van der Waals surface area contributed by atoms with Crippen molar-refractivity contribution in [2.75, 3.05) is 0 Å². The number of aromatic nitrogens is 3. The zero-order valence-electron chi connectivity index (χ0n) is 27.4. The summed E-state index contributed by atoms with van der Waals surface area (Å²) in [4.78, 5) is 4.34. The summed E-state index contributed by atoms with van der Waals surface area (Å²) >= 11 is 0. The number of fused-ring (bicyclic) bond motifs is 4. The van der Waals surface area contributed by atoms with Gasteiger partial charge in [0, 0.05) is 70.2 Å². The molecular weight excluding hydrogens is 585 g/mol. The lowest BCUT2D eigenvalue weighted by Gasteiger charge is -2.11. The van der Waals surface area contributed by atoms with Crippen molar-refractivity contribution >= 4 is 51.2 Å². The Labute approximate surface area is 281 Å². The van der Waals surface area contributed by atoms with Crippen molar-refractivity contribution in [1.29, 1.82) is 0 Å². The predicted octanol–water partition coefficient (Wildman–Crippen LogP) is 11.2. The number of allylic oxidation sites excluding steroid dienone is 2. The molecule has 8 rings (SSSR count). The molecule has 0 saturated carbocycles. The minimum atomic E-state index is 0.773. The van der Waals surface area contributed by atoms with E-state index >= 15 is 0 Å². The average molecular weight is 623 g/mol. The van der Waals surface area contributed by atoms with Crippen LogP contribution >= 0.6 is 0 Å². The molecular formula is C44H38N4. The molecule has 0 aliphatic rings. The SMILES string of the molecule is C=C/C=C\c1c(C)c2ccccc2n1C.C=Nc1cn(-c2ccccc2)cc1Cc1cccc2c3ccccc3n(-c3ccccc3)c12. The highest BCUT2D eigenvalue weighted by Crippen LogP contribution is 2.36. The smallest absolute Gasteiger partial charge is 0.0838 e. The Hall–Kier alpha value is -6.13. The van der Waals surface area contributed by atoms with Crippen molar-refractivity contribution in [2.45, 2.75) is 13.3 Å². The predicted molar refractivity (Wildman–Crippen MR) is 205 cm³/mol. The summed E-state index contributed by atoms with van der Waals surface area (Å²) in [5.74, 6) is 0. The van der Waals surface area contributed by atoms with Gasteiger partial charge in [-0.05, 0) is 67.2 Å². The Morgan fingerprint density at radius 2 is 1.27 bits per heavy atom. The van der Waals surface area contributed by atoms with Gasteiger partial charge in [-0.1, -0.05) is 110 Å². The maximum Gasteiger partial charge on any atom is 0.0838 e. The van der Waals surface area contributed by atoms with Crippen LogP contribution in [0.15, 0.2) is 164 Å². The van der Waals surface area contributed by atoms with Crippen molar-refractivity contribution < 1.29 is 0 Å². The molecule has 0 saturated heterocycles. The zero-order chi connectivity index (χ0) is 33.0. The van der Waals surface area contributed by atoms with Crippen LogP contribution in [0.1, 0.15) is 22.4 Å². The first kappa shape index (κ1) is 30.5. The van der Waals surface area contributed by atoms with E-state index in [1.165, 1.54) is 55.2 Å². The van der Waals surface area contributed by atoms with E-state index in [1.54, 1.807) is 6.08 Å². The fourth-order valence-electron chi connectivity index (χ4n) is 6.79. The van der Waals surface area contributed by atoms with Gasteiger partial charge in [0.15, 0.2) is 0 Å². The number of aliphatic imine (C=N–C) groups is 1. The lowest BCUT2D eigenvalue weighted by Crippen LogP contribution is -1.97. The summed E-state index contributed by atoms with van der Waals surface area (Å²) in [5.41, 5.74) is 11.9. The molecule has 0 aliphatic carbocycles. The van der Waals surface area contributed by atoms with Crippen LogP contribution in [0.2, 0.25) is 0 Å².